The van der Waals surface area contributed by atoms with E-state index in [4.69, 9.17) is 4.74 Å². The van der Waals surface area contributed by atoms with E-state index in [1.165, 1.54) is 7.11 Å². The number of esters is 1. The SMILES string of the molecule is COC(=O)C1COC(c2cccnc2)N1. The Hall–Kier alpha value is -1.46. The van der Waals surface area contributed by atoms with Crippen molar-refractivity contribution in [3.8, 4) is 0 Å². The van der Waals surface area contributed by atoms with Gasteiger partial charge in [0, 0.05) is 18.0 Å². The van der Waals surface area contributed by atoms with Gasteiger partial charge in [-0.25, -0.2) is 0 Å². The van der Waals surface area contributed by atoms with Crippen LogP contribution in [0.4, 0.5) is 0 Å². The highest BCUT2D eigenvalue weighted by molar-refractivity contribution is 5.76. The van der Waals surface area contributed by atoms with Gasteiger partial charge in [0.05, 0.1) is 13.7 Å². The van der Waals surface area contributed by atoms with Crippen LogP contribution >= 0.6 is 0 Å². The summed E-state index contributed by atoms with van der Waals surface area (Å²) in [5.74, 6) is -0.304. The number of carbonyl (C=O) groups excluding carboxylic acids is 1. The highest BCUT2D eigenvalue weighted by atomic mass is 16.5. The molecule has 1 aromatic heterocycles. The Bertz CT molecular complexity index is 342. The molecule has 1 aliphatic rings. The lowest BCUT2D eigenvalue weighted by molar-refractivity contribution is -0.142. The smallest absolute Gasteiger partial charge is 0.325 e. The summed E-state index contributed by atoms with van der Waals surface area (Å²) >= 11 is 0. The number of nitrogens with zero attached hydrogens (tertiary/aromatic N) is 1. The molecule has 0 bridgehead atoms. The van der Waals surface area contributed by atoms with Crippen LogP contribution in [0.2, 0.25) is 0 Å². The molecule has 2 heterocycles. The summed E-state index contributed by atoms with van der Waals surface area (Å²) in [5.41, 5.74) is 0.906. The molecule has 0 amide bonds. The highest BCUT2D eigenvalue weighted by Gasteiger charge is 2.31. The molecule has 2 atom stereocenters. The van der Waals surface area contributed by atoms with Gasteiger partial charge in [0.25, 0.3) is 0 Å². The maximum atomic E-state index is 11.2. The van der Waals surface area contributed by atoms with Gasteiger partial charge in [0.15, 0.2) is 0 Å². The molecule has 0 aliphatic carbocycles. The van der Waals surface area contributed by atoms with Gasteiger partial charge in [-0.2, -0.15) is 0 Å². The Morgan fingerprint density at radius 3 is 3.27 bits per heavy atom. The summed E-state index contributed by atoms with van der Waals surface area (Å²) < 4.78 is 10.0. The van der Waals surface area contributed by atoms with Crippen LogP contribution in [0.25, 0.3) is 0 Å². The second-order valence-corrected chi connectivity index (χ2v) is 3.24. The lowest BCUT2D eigenvalue weighted by atomic mass is 10.2. The zero-order valence-electron chi connectivity index (χ0n) is 8.34. The van der Waals surface area contributed by atoms with Crippen LogP contribution in [0.1, 0.15) is 11.8 Å². The fraction of sp³-hybridized carbons (Fsp3) is 0.400. The molecule has 0 radical (unpaired) electrons. The number of pyridine rings is 1. The van der Waals surface area contributed by atoms with Crippen molar-refractivity contribution >= 4 is 5.97 Å². The molecule has 1 N–H and O–H groups in total. The molecule has 0 spiro atoms. The molecule has 5 nitrogen and oxygen atoms in total. The molecule has 80 valence electrons. The molecule has 5 heteroatoms. The van der Waals surface area contributed by atoms with Crippen LogP contribution in [-0.4, -0.2) is 30.7 Å². The Labute approximate surface area is 87.4 Å². The van der Waals surface area contributed by atoms with Crippen LogP contribution in [0.3, 0.4) is 0 Å². The second kappa shape index (κ2) is 4.37. The summed E-state index contributed by atoms with van der Waals surface area (Å²) in [6.45, 7) is 0.326. The molecule has 1 fully saturated rings. The van der Waals surface area contributed by atoms with E-state index in [-0.39, 0.29) is 18.2 Å². The number of hydrogen-bond acceptors (Lipinski definition) is 5. The Balaban J connectivity index is 2.02. The molecular weight excluding hydrogens is 196 g/mol. The van der Waals surface area contributed by atoms with Gasteiger partial charge in [-0.3, -0.25) is 15.1 Å². The Kier molecular flexibility index (Phi) is 2.94. The number of rotatable bonds is 2. The summed E-state index contributed by atoms with van der Waals surface area (Å²) in [5, 5.41) is 3.02. The van der Waals surface area contributed by atoms with E-state index in [2.05, 4.69) is 15.0 Å². The van der Waals surface area contributed by atoms with E-state index < -0.39 is 0 Å². The van der Waals surface area contributed by atoms with Crippen molar-refractivity contribution in [2.24, 2.45) is 0 Å². The summed E-state index contributed by atoms with van der Waals surface area (Å²) in [6, 6.07) is 3.33. The molecule has 1 saturated heterocycles. The fourth-order valence-electron chi connectivity index (χ4n) is 1.47. The molecule has 2 rings (SSSR count). The van der Waals surface area contributed by atoms with E-state index >= 15 is 0 Å². The van der Waals surface area contributed by atoms with Crippen LogP contribution in [0.5, 0.6) is 0 Å². The fourth-order valence-corrected chi connectivity index (χ4v) is 1.47. The largest absolute Gasteiger partial charge is 0.468 e. The molecule has 2 unspecified atom stereocenters. The normalized spacial score (nSPS) is 25.1. The van der Waals surface area contributed by atoms with Crippen molar-refractivity contribution in [1.82, 2.24) is 10.3 Å². The number of methoxy groups -OCH3 is 1. The number of hydrogen-bond donors (Lipinski definition) is 1. The average molecular weight is 208 g/mol. The minimum atomic E-state index is -0.389. The van der Waals surface area contributed by atoms with E-state index in [1.54, 1.807) is 12.4 Å². The van der Waals surface area contributed by atoms with Crippen molar-refractivity contribution < 1.29 is 14.3 Å². The zero-order valence-corrected chi connectivity index (χ0v) is 8.34. The number of ether oxygens (including phenoxy) is 2. The third kappa shape index (κ3) is 2.14. The van der Waals surface area contributed by atoms with Crippen LogP contribution in [0, 0.1) is 0 Å². The highest BCUT2D eigenvalue weighted by Crippen LogP contribution is 2.19. The number of aromatic nitrogens is 1. The van der Waals surface area contributed by atoms with Gasteiger partial charge in [-0.1, -0.05) is 6.07 Å². The predicted molar refractivity (Wildman–Crippen MR) is 51.9 cm³/mol. The first-order valence-electron chi connectivity index (χ1n) is 4.66. The van der Waals surface area contributed by atoms with Gasteiger partial charge >= 0.3 is 5.97 Å². The quantitative estimate of drug-likeness (QED) is 0.705. The Morgan fingerprint density at radius 2 is 2.60 bits per heavy atom. The maximum Gasteiger partial charge on any atom is 0.325 e. The van der Waals surface area contributed by atoms with Crippen molar-refractivity contribution in [1.29, 1.82) is 0 Å². The van der Waals surface area contributed by atoms with Gasteiger partial charge in [-0.15, -0.1) is 0 Å². The molecular formula is C10H12N2O3. The van der Waals surface area contributed by atoms with E-state index in [1.807, 2.05) is 12.1 Å². The van der Waals surface area contributed by atoms with Crippen LogP contribution < -0.4 is 5.32 Å². The minimum Gasteiger partial charge on any atom is -0.468 e. The maximum absolute atomic E-state index is 11.2. The summed E-state index contributed by atoms with van der Waals surface area (Å²) in [4.78, 5) is 15.2. The number of nitrogens with one attached hydrogen (secondary N) is 1. The van der Waals surface area contributed by atoms with Crippen molar-refractivity contribution in [2.45, 2.75) is 12.3 Å². The van der Waals surface area contributed by atoms with Crippen molar-refractivity contribution in [3.05, 3.63) is 30.1 Å². The van der Waals surface area contributed by atoms with E-state index in [0.29, 0.717) is 6.61 Å². The van der Waals surface area contributed by atoms with Gasteiger partial charge in [0.2, 0.25) is 0 Å². The Morgan fingerprint density at radius 1 is 1.73 bits per heavy atom. The minimum absolute atomic E-state index is 0.275. The second-order valence-electron chi connectivity index (χ2n) is 3.24. The topological polar surface area (TPSA) is 60.5 Å². The molecule has 15 heavy (non-hydrogen) atoms. The first-order chi connectivity index (χ1) is 7.31. The van der Waals surface area contributed by atoms with Gasteiger partial charge < -0.3 is 9.47 Å². The lowest BCUT2D eigenvalue weighted by Gasteiger charge is -2.10. The van der Waals surface area contributed by atoms with Gasteiger partial charge in [-0.05, 0) is 6.07 Å². The number of carbonyl (C=O) groups is 1. The zero-order chi connectivity index (χ0) is 10.7. The summed E-state index contributed by atoms with van der Waals surface area (Å²) in [6.07, 6.45) is 3.12. The third-order valence-electron chi connectivity index (χ3n) is 2.25. The average Bonchev–Trinajstić information content (AvgIpc) is 2.78. The van der Waals surface area contributed by atoms with E-state index in [9.17, 15) is 4.79 Å². The third-order valence-corrected chi connectivity index (χ3v) is 2.25. The molecule has 1 aromatic rings. The predicted octanol–water partition coefficient (Wildman–Crippen LogP) is 0.242. The summed E-state index contributed by atoms with van der Waals surface area (Å²) in [7, 11) is 1.36. The van der Waals surface area contributed by atoms with Crippen molar-refractivity contribution in [3.63, 3.8) is 0 Å². The molecule has 0 aromatic carbocycles. The van der Waals surface area contributed by atoms with Crippen LogP contribution in [0.15, 0.2) is 24.5 Å². The van der Waals surface area contributed by atoms with Crippen molar-refractivity contribution in [2.75, 3.05) is 13.7 Å². The molecule has 0 saturated carbocycles. The van der Waals surface area contributed by atoms with Gasteiger partial charge in [0.1, 0.15) is 12.3 Å². The standard InChI is InChI=1S/C10H12N2O3/c1-14-10(13)8-6-15-9(12-8)7-3-2-4-11-5-7/h2-5,8-9,12H,6H2,1H3. The van der Waals surface area contributed by atoms with E-state index in [0.717, 1.165) is 5.56 Å². The van der Waals surface area contributed by atoms with Crippen LogP contribution in [-0.2, 0) is 14.3 Å². The lowest BCUT2D eigenvalue weighted by Crippen LogP contribution is -2.34. The first-order valence-corrected chi connectivity index (χ1v) is 4.66. The monoisotopic (exact) mass is 208 g/mol. The first kappa shape index (κ1) is 10.1. The molecule has 1 aliphatic heterocycles.